The summed E-state index contributed by atoms with van der Waals surface area (Å²) >= 11 is 1.39. The van der Waals surface area contributed by atoms with Gasteiger partial charge in [0, 0.05) is 44.9 Å². The molecule has 3 aromatic rings. The molecular formula is C21H25ClN4O5S2. The van der Waals surface area contributed by atoms with Gasteiger partial charge in [-0.15, -0.1) is 12.4 Å². The fourth-order valence-electron chi connectivity index (χ4n) is 3.14. The van der Waals surface area contributed by atoms with Crippen LogP contribution in [0.1, 0.15) is 10.4 Å². The van der Waals surface area contributed by atoms with Crippen molar-refractivity contribution < 1.29 is 22.7 Å². The minimum absolute atomic E-state index is 0. The number of thiazole rings is 1. The molecule has 1 aliphatic rings. The lowest BCUT2D eigenvalue weighted by Gasteiger charge is -2.22. The first-order chi connectivity index (χ1) is 15.2. The van der Waals surface area contributed by atoms with Gasteiger partial charge in [-0.1, -0.05) is 11.3 Å². The Morgan fingerprint density at radius 1 is 1.03 bits per heavy atom. The summed E-state index contributed by atoms with van der Waals surface area (Å²) in [7, 11) is 3.23. The second-order valence-corrected chi connectivity index (χ2v) is 10.9. The number of nitrogens with zero attached hydrogens (tertiary/aromatic N) is 4. The van der Waals surface area contributed by atoms with Crippen LogP contribution in [0.3, 0.4) is 0 Å². The molecule has 0 spiro atoms. The van der Waals surface area contributed by atoms with Crippen molar-refractivity contribution in [1.82, 2.24) is 14.2 Å². The molecule has 0 bridgehead atoms. The van der Waals surface area contributed by atoms with Gasteiger partial charge in [0.05, 0.1) is 15.1 Å². The SMILES string of the molecule is CN(C)CCN(C(=O)c1ccc(S(=O)(=O)N(C)C)cc1)c1nc2cc3c(cc2s1)OCO3.Cl. The predicted molar refractivity (Wildman–Crippen MR) is 131 cm³/mol. The number of ether oxygens (including phenoxy) is 2. The zero-order chi connectivity index (χ0) is 23.0. The minimum atomic E-state index is -3.57. The summed E-state index contributed by atoms with van der Waals surface area (Å²) in [5.41, 5.74) is 1.11. The summed E-state index contributed by atoms with van der Waals surface area (Å²) in [6, 6.07) is 9.64. The summed E-state index contributed by atoms with van der Waals surface area (Å²) in [4.78, 5) is 21.8. The number of amides is 1. The lowest BCUT2D eigenvalue weighted by Crippen LogP contribution is -2.36. The Balaban J connectivity index is 0.00000306. The third kappa shape index (κ3) is 5.07. The first-order valence-electron chi connectivity index (χ1n) is 9.86. The predicted octanol–water partition coefficient (Wildman–Crippen LogP) is 2.91. The second-order valence-electron chi connectivity index (χ2n) is 7.74. The molecule has 0 aliphatic carbocycles. The molecule has 178 valence electrons. The molecule has 0 N–H and O–H groups in total. The number of carbonyl (C=O) groups is 1. The van der Waals surface area contributed by atoms with Crippen molar-refractivity contribution in [2.45, 2.75) is 4.90 Å². The van der Waals surface area contributed by atoms with E-state index >= 15 is 0 Å². The maximum atomic E-state index is 13.4. The second kappa shape index (κ2) is 9.82. The maximum Gasteiger partial charge on any atom is 0.260 e. The number of anilines is 1. The van der Waals surface area contributed by atoms with Gasteiger partial charge in [-0.25, -0.2) is 17.7 Å². The van der Waals surface area contributed by atoms with Crippen molar-refractivity contribution in [2.24, 2.45) is 0 Å². The first-order valence-corrected chi connectivity index (χ1v) is 12.1. The summed E-state index contributed by atoms with van der Waals surface area (Å²) in [5, 5.41) is 0.556. The van der Waals surface area contributed by atoms with E-state index in [1.54, 1.807) is 4.90 Å². The first kappa shape index (κ1) is 25.2. The highest BCUT2D eigenvalue weighted by Gasteiger charge is 2.24. The monoisotopic (exact) mass is 512 g/mol. The number of benzene rings is 2. The van der Waals surface area contributed by atoms with Crippen LogP contribution in [-0.2, 0) is 10.0 Å². The van der Waals surface area contributed by atoms with E-state index in [2.05, 4.69) is 4.98 Å². The number of fused-ring (bicyclic) bond motifs is 2. The number of rotatable bonds is 7. The summed E-state index contributed by atoms with van der Waals surface area (Å²) < 4.78 is 37.6. The van der Waals surface area contributed by atoms with Gasteiger partial charge in [0.15, 0.2) is 16.6 Å². The lowest BCUT2D eigenvalue weighted by atomic mass is 10.2. The molecule has 0 fully saturated rings. The van der Waals surface area contributed by atoms with Crippen LogP contribution in [0.4, 0.5) is 5.13 Å². The van der Waals surface area contributed by atoms with E-state index in [0.29, 0.717) is 35.3 Å². The molecule has 1 amide bonds. The van der Waals surface area contributed by atoms with Crippen LogP contribution in [0.2, 0.25) is 0 Å². The molecule has 2 heterocycles. The zero-order valence-electron chi connectivity index (χ0n) is 18.6. The smallest absolute Gasteiger partial charge is 0.260 e. The zero-order valence-corrected chi connectivity index (χ0v) is 21.1. The van der Waals surface area contributed by atoms with Crippen LogP contribution in [0, 0.1) is 0 Å². The Hall–Kier alpha value is -2.44. The highest BCUT2D eigenvalue weighted by molar-refractivity contribution is 7.89. The molecule has 4 rings (SSSR count). The normalized spacial score (nSPS) is 12.9. The molecular weight excluding hydrogens is 488 g/mol. The number of likely N-dealkylation sites (N-methyl/N-ethyl adjacent to an activating group) is 1. The number of hydrogen-bond donors (Lipinski definition) is 0. The third-order valence-electron chi connectivity index (χ3n) is 5.00. The summed E-state index contributed by atoms with van der Waals surface area (Å²) in [5.74, 6) is 1.05. The third-order valence-corrected chi connectivity index (χ3v) is 7.87. The van der Waals surface area contributed by atoms with Gasteiger partial charge in [-0.3, -0.25) is 9.69 Å². The minimum Gasteiger partial charge on any atom is -0.454 e. The molecule has 1 aliphatic heterocycles. The molecule has 0 saturated heterocycles. The highest BCUT2D eigenvalue weighted by Crippen LogP contribution is 2.40. The standard InChI is InChI=1S/C21H24N4O5S2.ClH/c1-23(2)9-10-25(20(26)14-5-7-15(8-6-14)32(27,28)24(3)4)21-22-16-11-17-18(30-13-29-17)12-19(16)31-21;/h5-8,11-12H,9-10,13H2,1-4H3;1H. The van der Waals surface area contributed by atoms with Crippen LogP contribution >= 0.6 is 23.7 Å². The van der Waals surface area contributed by atoms with Gasteiger partial charge in [0.2, 0.25) is 16.8 Å². The largest absolute Gasteiger partial charge is 0.454 e. The van der Waals surface area contributed by atoms with E-state index in [1.165, 1.54) is 49.7 Å². The van der Waals surface area contributed by atoms with Gasteiger partial charge >= 0.3 is 0 Å². The summed E-state index contributed by atoms with van der Waals surface area (Å²) in [6.07, 6.45) is 0. The van der Waals surface area contributed by atoms with Gasteiger partial charge in [-0.05, 0) is 38.4 Å². The van der Waals surface area contributed by atoms with E-state index in [1.807, 2.05) is 31.1 Å². The molecule has 1 aromatic heterocycles. The molecule has 9 nitrogen and oxygen atoms in total. The number of carbonyl (C=O) groups excluding carboxylic acids is 1. The molecule has 2 aromatic carbocycles. The Morgan fingerprint density at radius 2 is 1.67 bits per heavy atom. The lowest BCUT2D eigenvalue weighted by molar-refractivity contribution is 0.0985. The van der Waals surface area contributed by atoms with Crippen LogP contribution in [0.5, 0.6) is 11.5 Å². The number of sulfonamides is 1. The van der Waals surface area contributed by atoms with E-state index in [9.17, 15) is 13.2 Å². The van der Waals surface area contributed by atoms with Crippen molar-refractivity contribution in [1.29, 1.82) is 0 Å². The molecule has 33 heavy (non-hydrogen) atoms. The maximum absolute atomic E-state index is 13.4. The van der Waals surface area contributed by atoms with Crippen molar-refractivity contribution in [2.75, 3.05) is 53.0 Å². The van der Waals surface area contributed by atoms with Crippen LogP contribution < -0.4 is 14.4 Å². The molecule has 12 heteroatoms. The number of halogens is 1. The van der Waals surface area contributed by atoms with E-state index in [-0.39, 0.29) is 30.0 Å². The summed E-state index contributed by atoms with van der Waals surface area (Å²) in [6.45, 7) is 1.25. The fraction of sp³-hybridized carbons (Fsp3) is 0.333. The van der Waals surface area contributed by atoms with E-state index < -0.39 is 10.0 Å². The van der Waals surface area contributed by atoms with Crippen LogP contribution in [0.25, 0.3) is 10.2 Å². The van der Waals surface area contributed by atoms with Crippen molar-refractivity contribution in [3.63, 3.8) is 0 Å². The van der Waals surface area contributed by atoms with Crippen molar-refractivity contribution in [3.8, 4) is 11.5 Å². The van der Waals surface area contributed by atoms with Crippen molar-refractivity contribution >= 4 is 55.0 Å². The highest BCUT2D eigenvalue weighted by atomic mass is 35.5. The molecule has 0 atom stereocenters. The fourth-order valence-corrected chi connectivity index (χ4v) is 5.04. The van der Waals surface area contributed by atoms with Gasteiger partial charge < -0.3 is 14.4 Å². The van der Waals surface area contributed by atoms with E-state index in [0.717, 1.165) is 14.5 Å². The van der Waals surface area contributed by atoms with Crippen LogP contribution in [0.15, 0.2) is 41.3 Å². The molecule has 0 radical (unpaired) electrons. The Labute approximate surface area is 203 Å². The Morgan fingerprint density at radius 3 is 2.27 bits per heavy atom. The average Bonchev–Trinajstić information content (AvgIpc) is 3.37. The molecule has 0 saturated carbocycles. The Kier molecular flexibility index (Phi) is 7.49. The Bertz CT molecular complexity index is 1220. The van der Waals surface area contributed by atoms with E-state index in [4.69, 9.17) is 9.47 Å². The molecule has 0 unspecified atom stereocenters. The van der Waals surface area contributed by atoms with Gasteiger partial charge in [0.1, 0.15) is 0 Å². The topological polar surface area (TPSA) is 92.3 Å². The van der Waals surface area contributed by atoms with Gasteiger partial charge in [-0.2, -0.15) is 0 Å². The van der Waals surface area contributed by atoms with Crippen molar-refractivity contribution in [3.05, 3.63) is 42.0 Å². The van der Waals surface area contributed by atoms with Gasteiger partial charge in [0.25, 0.3) is 5.91 Å². The number of aromatic nitrogens is 1. The average molecular weight is 513 g/mol. The number of hydrogen-bond acceptors (Lipinski definition) is 8. The van der Waals surface area contributed by atoms with Crippen LogP contribution in [-0.4, -0.2) is 76.6 Å². The quantitative estimate of drug-likeness (QED) is 0.480.